The largest absolute Gasteiger partial charge is 0.472 e. The van der Waals surface area contributed by atoms with Gasteiger partial charge in [-0.2, -0.15) is 23.7 Å². The topological polar surface area (TPSA) is 84.1 Å². The van der Waals surface area contributed by atoms with Crippen molar-refractivity contribution in [1.29, 1.82) is 0 Å². The fraction of sp³-hybridized carbons (Fsp3) is 0.200. The molecule has 202 valence electrons. The highest BCUT2D eigenvalue weighted by atomic mass is 19.3. The van der Waals surface area contributed by atoms with Gasteiger partial charge in [-0.3, -0.25) is 9.48 Å². The minimum absolute atomic E-state index is 0.101. The maximum Gasteiger partial charge on any atom is 0.387 e. The number of hydrogen-bond donors (Lipinski definition) is 0. The minimum atomic E-state index is -3.14. The predicted molar refractivity (Wildman–Crippen MR) is 128 cm³/mol. The van der Waals surface area contributed by atoms with Crippen LogP contribution in [0.4, 0.5) is 26.3 Å². The minimum Gasteiger partial charge on any atom is -0.472 e. The van der Waals surface area contributed by atoms with Gasteiger partial charge in [0.15, 0.2) is 6.61 Å². The molecule has 3 aromatic heterocycles. The average Bonchev–Trinajstić information content (AvgIpc) is 3.26. The lowest BCUT2D eigenvalue weighted by Crippen LogP contribution is -2.24. The van der Waals surface area contributed by atoms with Crippen LogP contribution in [0.2, 0.25) is 0 Å². The fourth-order valence-corrected chi connectivity index (χ4v) is 4.06. The van der Waals surface area contributed by atoms with E-state index >= 15 is 0 Å². The first-order chi connectivity index (χ1) is 18.6. The molecule has 0 amide bonds. The SMILES string of the molecule is Cn1cc2cc(-n3nc4c(C(F)F)cc(OCC(F)F)nc4c(-c4ccc(OC(F)F)cc4)c3=O)ccc2n1. The number of pyridine rings is 1. The Morgan fingerprint density at radius 2 is 1.67 bits per heavy atom. The Kier molecular flexibility index (Phi) is 6.85. The smallest absolute Gasteiger partial charge is 0.387 e. The lowest BCUT2D eigenvalue weighted by Gasteiger charge is -2.15. The number of rotatable bonds is 8. The van der Waals surface area contributed by atoms with Crippen molar-refractivity contribution in [2.24, 2.45) is 7.05 Å². The molecule has 39 heavy (non-hydrogen) atoms. The second kappa shape index (κ2) is 10.3. The zero-order chi connectivity index (χ0) is 27.8. The van der Waals surface area contributed by atoms with Gasteiger partial charge in [0, 0.05) is 24.7 Å². The molecule has 0 aliphatic carbocycles. The van der Waals surface area contributed by atoms with Crippen LogP contribution >= 0.6 is 0 Å². The highest BCUT2D eigenvalue weighted by molar-refractivity contribution is 5.93. The van der Waals surface area contributed by atoms with Crippen molar-refractivity contribution in [2.75, 3.05) is 6.61 Å². The summed E-state index contributed by atoms with van der Waals surface area (Å²) in [7, 11) is 1.70. The molecule has 0 bridgehead atoms. The van der Waals surface area contributed by atoms with Crippen molar-refractivity contribution < 1.29 is 35.8 Å². The molecule has 0 aliphatic heterocycles. The van der Waals surface area contributed by atoms with Gasteiger partial charge < -0.3 is 9.47 Å². The lowest BCUT2D eigenvalue weighted by atomic mass is 10.0. The molecular weight excluding hydrogens is 532 g/mol. The molecule has 3 heterocycles. The lowest BCUT2D eigenvalue weighted by molar-refractivity contribution is -0.0498. The van der Waals surface area contributed by atoms with Crippen LogP contribution in [0.1, 0.15) is 12.0 Å². The van der Waals surface area contributed by atoms with Crippen molar-refractivity contribution >= 4 is 21.9 Å². The van der Waals surface area contributed by atoms with E-state index in [4.69, 9.17) is 4.74 Å². The second-order valence-electron chi connectivity index (χ2n) is 8.29. The molecule has 0 aliphatic rings. The molecule has 2 aromatic carbocycles. The van der Waals surface area contributed by atoms with Crippen LogP contribution in [-0.4, -0.2) is 44.2 Å². The van der Waals surface area contributed by atoms with E-state index < -0.39 is 43.1 Å². The van der Waals surface area contributed by atoms with Gasteiger partial charge in [-0.1, -0.05) is 12.1 Å². The number of nitrogens with zero attached hydrogens (tertiary/aromatic N) is 5. The van der Waals surface area contributed by atoms with E-state index in [1.165, 1.54) is 18.2 Å². The highest BCUT2D eigenvalue weighted by Crippen LogP contribution is 2.34. The van der Waals surface area contributed by atoms with E-state index in [0.717, 1.165) is 22.9 Å². The number of benzene rings is 2. The van der Waals surface area contributed by atoms with E-state index in [-0.39, 0.29) is 33.6 Å². The van der Waals surface area contributed by atoms with E-state index in [1.807, 2.05) is 0 Å². The van der Waals surface area contributed by atoms with E-state index in [2.05, 4.69) is 19.9 Å². The van der Waals surface area contributed by atoms with E-state index in [9.17, 15) is 31.1 Å². The summed E-state index contributed by atoms with van der Waals surface area (Å²) in [5, 5.41) is 9.06. The Morgan fingerprint density at radius 1 is 0.923 bits per heavy atom. The van der Waals surface area contributed by atoms with Gasteiger partial charge in [-0.15, -0.1) is 0 Å². The molecule has 0 unspecified atom stereocenters. The van der Waals surface area contributed by atoms with Gasteiger partial charge in [0.2, 0.25) is 5.88 Å². The molecule has 0 radical (unpaired) electrons. The summed E-state index contributed by atoms with van der Waals surface area (Å²) >= 11 is 0. The van der Waals surface area contributed by atoms with Crippen molar-refractivity contribution in [1.82, 2.24) is 24.5 Å². The molecule has 5 aromatic rings. The van der Waals surface area contributed by atoms with E-state index in [0.29, 0.717) is 10.9 Å². The maximum atomic E-state index is 14.2. The van der Waals surface area contributed by atoms with Crippen LogP contribution in [0, 0.1) is 0 Å². The quantitative estimate of drug-likeness (QED) is 0.237. The standard InChI is InChI=1S/C25H17F6N5O3/c1-35-10-13-8-14(4-7-17(13)33-35)36-24(37)20(12-2-5-15(6-3-12)39-25(30)31)22-21(34-36)16(23(28)29)9-19(32-22)38-11-18(26)27/h2-10,18,23,25H,11H2,1H3. The predicted octanol–water partition coefficient (Wildman–Crippen LogP) is 5.52. The number of aromatic nitrogens is 5. The Bertz CT molecular complexity index is 1720. The summed E-state index contributed by atoms with van der Waals surface area (Å²) in [5.41, 5.74) is -1.54. The van der Waals surface area contributed by atoms with Gasteiger partial charge in [0.05, 0.1) is 22.3 Å². The normalized spacial score (nSPS) is 11.8. The third kappa shape index (κ3) is 5.22. The highest BCUT2D eigenvalue weighted by Gasteiger charge is 2.24. The first-order valence-corrected chi connectivity index (χ1v) is 11.3. The van der Waals surface area contributed by atoms with Crippen LogP contribution in [-0.2, 0) is 7.05 Å². The molecule has 0 saturated heterocycles. The van der Waals surface area contributed by atoms with Crippen LogP contribution in [0.3, 0.4) is 0 Å². The summed E-state index contributed by atoms with van der Waals surface area (Å²) in [6.45, 7) is -4.21. The number of ether oxygens (including phenoxy) is 2. The second-order valence-corrected chi connectivity index (χ2v) is 8.29. The molecule has 0 saturated carbocycles. The molecule has 0 fully saturated rings. The monoisotopic (exact) mass is 549 g/mol. The molecule has 0 atom stereocenters. The summed E-state index contributed by atoms with van der Waals surface area (Å²) in [4.78, 5) is 17.8. The average molecular weight is 549 g/mol. The summed E-state index contributed by atoms with van der Waals surface area (Å²) in [5.74, 6) is -0.774. The molecule has 8 nitrogen and oxygen atoms in total. The van der Waals surface area contributed by atoms with Gasteiger partial charge >= 0.3 is 6.61 Å². The Hall–Kier alpha value is -4.62. The zero-order valence-electron chi connectivity index (χ0n) is 19.9. The van der Waals surface area contributed by atoms with Crippen LogP contribution in [0.15, 0.2) is 59.5 Å². The fourth-order valence-electron chi connectivity index (χ4n) is 4.06. The van der Waals surface area contributed by atoms with Gasteiger partial charge in [0.25, 0.3) is 18.4 Å². The molecular formula is C25H17F6N5O3. The summed E-state index contributed by atoms with van der Waals surface area (Å²) < 4.78 is 90.8. The first kappa shape index (κ1) is 26.0. The van der Waals surface area contributed by atoms with Crippen LogP contribution < -0.4 is 15.0 Å². The first-order valence-electron chi connectivity index (χ1n) is 11.3. The maximum absolute atomic E-state index is 14.2. The number of alkyl halides is 6. The number of fused-ring (bicyclic) bond motifs is 2. The molecule has 0 spiro atoms. The van der Waals surface area contributed by atoms with Crippen molar-refractivity contribution in [3.63, 3.8) is 0 Å². The van der Waals surface area contributed by atoms with Gasteiger partial charge in [0.1, 0.15) is 16.8 Å². The number of hydrogen-bond acceptors (Lipinski definition) is 6. The van der Waals surface area contributed by atoms with Gasteiger partial charge in [-0.05, 0) is 35.9 Å². The molecule has 14 heteroatoms. The Morgan fingerprint density at radius 3 is 2.33 bits per heavy atom. The van der Waals surface area contributed by atoms with Gasteiger partial charge in [-0.25, -0.2) is 22.5 Å². The van der Waals surface area contributed by atoms with Crippen molar-refractivity contribution in [3.05, 3.63) is 70.6 Å². The Labute approximate surface area is 215 Å². The molecule has 5 rings (SSSR count). The van der Waals surface area contributed by atoms with Crippen molar-refractivity contribution in [3.8, 4) is 28.4 Å². The van der Waals surface area contributed by atoms with Crippen LogP contribution in [0.5, 0.6) is 11.6 Å². The zero-order valence-corrected chi connectivity index (χ0v) is 19.9. The summed E-state index contributed by atoms with van der Waals surface area (Å²) in [6.07, 6.45) is -4.36. The third-order valence-corrected chi connectivity index (χ3v) is 5.65. The van der Waals surface area contributed by atoms with E-state index in [1.54, 1.807) is 30.1 Å². The third-order valence-electron chi connectivity index (χ3n) is 5.65. The van der Waals surface area contributed by atoms with Crippen LogP contribution in [0.25, 0.3) is 38.8 Å². The number of halogens is 6. The summed E-state index contributed by atoms with van der Waals surface area (Å²) in [6, 6.07) is 10.3. The number of aryl methyl sites for hydroxylation is 1. The molecule has 0 N–H and O–H groups in total. The Balaban J connectivity index is 1.79. The van der Waals surface area contributed by atoms with Crippen molar-refractivity contribution in [2.45, 2.75) is 19.5 Å².